The number of benzene rings is 2. The molecule has 0 aliphatic carbocycles. The first-order chi connectivity index (χ1) is 9.22. The van der Waals surface area contributed by atoms with Gasteiger partial charge in [0.1, 0.15) is 11.5 Å². The normalized spacial score (nSPS) is 16.7. The Balaban J connectivity index is 1.68. The van der Waals surface area contributed by atoms with Crippen LogP contribution in [0.3, 0.4) is 0 Å². The molecule has 3 heteroatoms. The molecule has 0 amide bonds. The molecule has 0 saturated carbocycles. The number of hydrogen-bond acceptors (Lipinski definition) is 3. The predicted octanol–water partition coefficient (Wildman–Crippen LogP) is 2.51. The number of carbonyl (C=O) groups is 1. The van der Waals surface area contributed by atoms with Gasteiger partial charge in [-0.2, -0.15) is 0 Å². The van der Waals surface area contributed by atoms with Crippen molar-refractivity contribution in [2.45, 2.75) is 18.9 Å². The second-order valence-corrected chi connectivity index (χ2v) is 4.73. The van der Waals surface area contributed by atoms with E-state index in [0.29, 0.717) is 12.8 Å². The van der Waals surface area contributed by atoms with Gasteiger partial charge in [-0.3, -0.25) is 4.79 Å². The zero-order valence-electron chi connectivity index (χ0n) is 10.4. The Bertz CT molecular complexity index is 577. The summed E-state index contributed by atoms with van der Waals surface area (Å²) < 4.78 is 5.67. The van der Waals surface area contributed by atoms with Crippen LogP contribution >= 0.6 is 0 Å². The fourth-order valence-electron chi connectivity index (χ4n) is 2.29. The highest BCUT2D eigenvalue weighted by Crippen LogP contribution is 2.29. The highest BCUT2D eigenvalue weighted by Gasteiger charge is 2.28. The number of carbonyl (C=O) groups excluding carboxylic acids is 1. The second-order valence-electron chi connectivity index (χ2n) is 4.73. The van der Waals surface area contributed by atoms with Crippen molar-refractivity contribution >= 4 is 5.78 Å². The largest absolute Gasteiger partial charge is 0.508 e. The van der Waals surface area contributed by atoms with E-state index in [9.17, 15) is 9.90 Å². The summed E-state index contributed by atoms with van der Waals surface area (Å²) in [4.78, 5) is 12.2. The molecule has 0 saturated heterocycles. The van der Waals surface area contributed by atoms with Gasteiger partial charge in [0.2, 0.25) is 0 Å². The van der Waals surface area contributed by atoms with E-state index in [0.717, 1.165) is 16.9 Å². The molecule has 1 N–H and O–H groups in total. The zero-order valence-corrected chi connectivity index (χ0v) is 10.4. The highest BCUT2D eigenvalue weighted by atomic mass is 16.5. The van der Waals surface area contributed by atoms with Crippen molar-refractivity contribution in [3.05, 3.63) is 59.7 Å². The quantitative estimate of drug-likeness (QED) is 0.915. The summed E-state index contributed by atoms with van der Waals surface area (Å²) in [5.41, 5.74) is 1.98. The maximum atomic E-state index is 12.2. The first kappa shape index (κ1) is 11.8. The van der Waals surface area contributed by atoms with Crippen LogP contribution in [0.25, 0.3) is 0 Å². The molecule has 1 aliphatic heterocycles. The van der Waals surface area contributed by atoms with Gasteiger partial charge in [-0.25, -0.2) is 0 Å². The molecule has 1 atom stereocenters. The number of Topliss-reactive ketones (excluding diaryl/α,β-unsaturated/α-hetero) is 1. The van der Waals surface area contributed by atoms with E-state index in [1.165, 1.54) is 0 Å². The van der Waals surface area contributed by atoms with Gasteiger partial charge in [-0.1, -0.05) is 30.3 Å². The van der Waals surface area contributed by atoms with Crippen LogP contribution in [-0.2, 0) is 17.6 Å². The van der Waals surface area contributed by atoms with Gasteiger partial charge in [-0.05, 0) is 29.3 Å². The van der Waals surface area contributed by atoms with Crippen LogP contribution in [0.2, 0.25) is 0 Å². The van der Waals surface area contributed by atoms with Gasteiger partial charge in [0, 0.05) is 12.8 Å². The molecular weight excluding hydrogens is 240 g/mol. The van der Waals surface area contributed by atoms with Crippen molar-refractivity contribution in [3.63, 3.8) is 0 Å². The van der Waals surface area contributed by atoms with Crippen LogP contribution in [0, 0.1) is 0 Å². The number of ether oxygens (including phenoxy) is 1. The van der Waals surface area contributed by atoms with Crippen LogP contribution in [-0.4, -0.2) is 17.0 Å². The Morgan fingerprint density at radius 1 is 1.16 bits per heavy atom. The second kappa shape index (κ2) is 4.76. The Hall–Kier alpha value is -2.29. The first-order valence-electron chi connectivity index (χ1n) is 6.27. The lowest BCUT2D eigenvalue weighted by atomic mass is 10.0. The van der Waals surface area contributed by atoms with E-state index >= 15 is 0 Å². The van der Waals surface area contributed by atoms with Crippen molar-refractivity contribution in [2.75, 3.05) is 0 Å². The molecular formula is C16H14O3. The molecule has 0 radical (unpaired) electrons. The van der Waals surface area contributed by atoms with Gasteiger partial charge in [0.15, 0.2) is 11.9 Å². The van der Waals surface area contributed by atoms with Crippen molar-refractivity contribution in [1.82, 2.24) is 0 Å². The van der Waals surface area contributed by atoms with Crippen LogP contribution in [0.5, 0.6) is 11.5 Å². The summed E-state index contributed by atoms with van der Waals surface area (Å²) in [7, 11) is 0. The third-order valence-corrected chi connectivity index (χ3v) is 3.32. The van der Waals surface area contributed by atoms with Crippen LogP contribution in [0.4, 0.5) is 0 Å². The van der Waals surface area contributed by atoms with Gasteiger partial charge in [0.25, 0.3) is 0 Å². The number of hydrogen-bond donors (Lipinski definition) is 1. The summed E-state index contributed by atoms with van der Waals surface area (Å²) in [6.07, 6.45) is 0.595. The molecule has 1 heterocycles. The summed E-state index contributed by atoms with van der Waals surface area (Å²) in [6, 6.07) is 14.4. The lowest BCUT2D eigenvalue weighted by Gasteiger charge is -2.09. The smallest absolute Gasteiger partial charge is 0.177 e. The molecule has 96 valence electrons. The lowest BCUT2D eigenvalue weighted by Crippen LogP contribution is -2.26. The number of fused-ring (bicyclic) bond motifs is 1. The van der Waals surface area contributed by atoms with Gasteiger partial charge < -0.3 is 9.84 Å². The molecule has 3 nitrogen and oxygen atoms in total. The standard InChI is InChI=1S/C16H14O3/c17-13-7-5-11(6-8-13)9-14(18)16-10-12-3-1-2-4-15(12)19-16/h1-8,16-17H,9-10H2. The van der Waals surface area contributed by atoms with Gasteiger partial charge in [0.05, 0.1) is 0 Å². The number of para-hydroxylation sites is 1. The Kier molecular flexibility index (Phi) is 2.95. The average Bonchev–Trinajstić information content (AvgIpc) is 2.85. The molecule has 0 fully saturated rings. The molecule has 19 heavy (non-hydrogen) atoms. The van der Waals surface area contributed by atoms with Crippen LogP contribution in [0.15, 0.2) is 48.5 Å². The summed E-state index contributed by atoms with van der Waals surface area (Å²) in [5.74, 6) is 1.09. The highest BCUT2D eigenvalue weighted by molar-refractivity contribution is 5.86. The fraction of sp³-hybridized carbons (Fsp3) is 0.188. The van der Waals surface area contributed by atoms with E-state index in [1.54, 1.807) is 24.3 Å². The van der Waals surface area contributed by atoms with Gasteiger partial charge >= 0.3 is 0 Å². The fourth-order valence-corrected chi connectivity index (χ4v) is 2.29. The van der Waals surface area contributed by atoms with Crippen molar-refractivity contribution < 1.29 is 14.6 Å². The molecule has 2 aromatic carbocycles. The van der Waals surface area contributed by atoms with Gasteiger partial charge in [-0.15, -0.1) is 0 Å². The van der Waals surface area contributed by atoms with Crippen LogP contribution < -0.4 is 4.74 Å². The Labute approximate surface area is 111 Å². The van der Waals surface area contributed by atoms with Crippen molar-refractivity contribution in [1.29, 1.82) is 0 Å². The van der Waals surface area contributed by atoms with Crippen molar-refractivity contribution in [2.24, 2.45) is 0 Å². The zero-order chi connectivity index (χ0) is 13.2. The maximum Gasteiger partial charge on any atom is 0.177 e. The molecule has 1 unspecified atom stereocenters. The van der Waals surface area contributed by atoms with E-state index in [2.05, 4.69) is 0 Å². The minimum absolute atomic E-state index is 0.0712. The summed E-state index contributed by atoms with van der Waals surface area (Å²) in [6.45, 7) is 0. The summed E-state index contributed by atoms with van der Waals surface area (Å²) >= 11 is 0. The van der Waals surface area contributed by atoms with E-state index < -0.39 is 0 Å². The molecule has 0 spiro atoms. The minimum atomic E-state index is -0.383. The monoisotopic (exact) mass is 254 g/mol. The molecule has 0 bridgehead atoms. The first-order valence-corrected chi connectivity index (χ1v) is 6.27. The number of phenols is 1. The average molecular weight is 254 g/mol. The third kappa shape index (κ3) is 2.45. The third-order valence-electron chi connectivity index (χ3n) is 3.32. The molecule has 3 rings (SSSR count). The van der Waals surface area contributed by atoms with E-state index in [4.69, 9.17) is 4.74 Å². The molecule has 0 aromatic heterocycles. The maximum absolute atomic E-state index is 12.2. The van der Waals surface area contributed by atoms with E-state index in [1.807, 2.05) is 24.3 Å². The van der Waals surface area contributed by atoms with Crippen LogP contribution in [0.1, 0.15) is 11.1 Å². The lowest BCUT2D eigenvalue weighted by molar-refractivity contribution is -0.124. The van der Waals surface area contributed by atoms with E-state index in [-0.39, 0.29) is 17.6 Å². The Morgan fingerprint density at radius 2 is 1.89 bits per heavy atom. The number of rotatable bonds is 3. The number of phenolic OH excluding ortho intramolecular Hbond substituents is 1. The minimum Gasteiger partial charge on any atom is -0.508 e. The molecule has 2 aromatic rings. The Morgan fingerprint density at radius 3 is 2.63 bits per heavy atom. The topological polar surface area (TPSA) is 46.5 Å². The number of aromatic hydroxyl groups is 1. The predicted molar refractivity (Wildman–Crippen MR) is 71.4 cm³/mol. The summed E-state index contributed by atoms with van der Waals surface area (Å²) in [5, 5.41) is 9.21. The number of ketones is 1. The van der Waals surface area contributed by atoms with Crippen molar-refractivity contribution in [3.8, 4) is 11.5 Å². The SMILES string of the molecule is O=C(Cc1ccc(O)cc1)C1Cc2ccccc2O1. The molecule has 1 aliphatic rings.